The summed E-state index contributed by atoms with van der Waals surface area (Å²) in [6, 6.07) is 5.59. The maximum atomic E-state index is 13.9. The lowest BCUT2D eigenvalue weighted by Gasteiger charge is -2.29. The minimum absolute atomic E-state index is 0.244. The first-order valence-electron chi connectivity index (χ1n) is 7.77. The standard InChI is InChI=1S/C17H26FNO/c1-19-17(13-8-6-4-3-5-7-9-13)14-10-11-16(20-2)15(18)12-14/h10-13,17,19H,3-9H2,1-2H3. The van der Waals surface area contributed by atoms with Crippen molar-refractivity contribution in [2.24, 2.45) is 5.92 Å². The second-order valence-corrected chi connectivity index (χ2v) is 5.77. The number of nitrogens with one attached hydrogen (secondary N) is 1. The van der Waals surface area contributed by atoms with E-state index >= 15 is 0 Å². The zero-order valence-corrected chi connectivity index (χ0v) is 12.6. The van der Waals surface area contributed by atoms with E-state index < -0.39 is 0 Å². The van der Waals surface area contributed by atoms with Gasteiger partial charge in [-0.1, -0.05) is 38.2 Å². The Bertz CT molecular complexity index is 413. The first kappa shape index (κ1) is 15.3. The molecule has 20 heavy (non-hydrogen) atoms. The van der Waals surface area contributed by atoms with Crippen LogP contribution in [0.3, 0.4) is 0 Å². The van der Waals surface area contributed by atoms with Crippen LogP contribution in [0.5, 0.6) is 5.75 Å². The van der Waals surface area contributed by atoms with Crippen LogP contribution in [-0.2, 0) is 0 Å². The van der Waals surface area contributed by atoms with Crippen LogP contribution < -0.4 is 10.1 Å². The highest BCUT2D eigenvalue weighted by Gasteiger charge is 2.23. The first-order valence-corrected chi connectivity index (χ1v) is 7.77. The Labute approximate surface area is 121 Å². The number of halogens is 1. The van der Waals surface area contributed by atoms with Crippen molar-refractivity contribution < 1.29 is 9.13 Å². The summed E-state index contributed by atoms with van der Waals surface area (Å²) >= 11 is 0. The Hall–Kier alpha value is -1.09. The number of hydrogen-bond acceptors (Lipinski definition) is 2. The SMILES string of the molecule is CNC(c1ccc(OC)c(F)c1)C1CCCCCCC1. The van der Waals surface area contributed by atoms with Gasteiger partial charge in [0.1, 0.15) is 0 Å². The van der Waals surface area contributed by atoms with Crippen molar-refractivity contribution in [3.63, 3.8) is 0 Å². The second kappa shape index (κ2) is 7.63. The molecule has 1 aliphatic rings. The predicted octanol–water partition coefficient (Wildman–Crippen LogP) is 4.46. The van der Waals surface area contributed by atoms with Crippen LogP contribution in [0.1, 0.15) is 56.6 Å². The Balaban J connectivity index is 2.15. The molecule has 1 unspecified atom stereocenters. The molecule has 1 aromatic carbocycles. The van der Waals surface area contributed by atoms with Crippen LogP contribution in [0.25, 0.3) is 0 Å². The average molecular weight is 279 g/mol. The fourth-order valence-corrected chi connectivity index (χ4v) is 3.37. The van der Waals surface area contributed by atoms with Crippen molar-refractivity contribution in [1.82, 2.24) is 5.32 Å². The normalized spacial score (nSPS) is 19.1. The molecular weight excluding hydrogens is 253 g/mol. The summed E-state index contributed by atoms with van der Waals surface area (Å²) in [7, 11) is 3.48. The monoisotopic (exact) mass is 279 g/mol. The molecule has 112 valence electrons. The largest absolute Gasteiger partial charge is 0.494 e. The molecule has 0 heterocycles. The topological polar surface area (TPSA) is 21.3 Å². The molecule has 0 aliphatic heterocycles. The molecule has 0 spiro atoms. The molecule has 1 aromatic rings. The lowest BCUT2D eigenvalue weighted by molar-refractivity contribution is 0.298. The Morgan fingerprint density at radius 2 is 1.80 bits per heavy atom. The van der Waals surface area contributed by atoms with Gasteiger partial charge in [0.2, 0.25) is 0 Å². The maximum absolute atomic E-state index is 13.9. The van der Waals surface area contributed by atoms with Gasteiger partial charge in [-0.25, -0.2) is 4.39 Å². The highest BCUT2D eigenvalue weighted by Crippen LogP contribution is 2.34. The number of hydrogen-bond donors (Lipinski definition) is 1. The van der Waals surface area contributed by atoms with E-state index in [9.17, 15) is 4.39 Å². The third kappa shape index (κ3) is 3.72. The fraction of sp³-hybridized carbons (Fsp3) is 0.647. The van der Waals surface area contributed by atoms with Crippen molar-refractivity contribution in [3.8, 4) is 5.75 Å². The molecule has 1 N–H and O–H groups in total. The summed E-state index contributed by atoms with van der Waals surface area (Å²) in [5.41, 5.74) is 1.04. The van der Waals surface area contributed by atoms with E-state index in [4.69, 9.17) is 4.74 Å². The molecule has 1 aliphatic carbocycles. The quantitative estimate of drug-likeness (QED) is 0.879. The summed E-state index contributed by atoms with van der Waals surface area (Å²) in [6.07, 6.45) is 9.10. The van der Waals surface area contributed by atoms with Gasteiger partial charge in [-0.2, -0.15) is 0 Å². The molecule has 1 atom stereocenters. The molecule has 3 heteroatoms. The summed E-state index contributed by atoms with van der Waals surface area (Å²) < 4.78 is 18.9. The van der Waals surface area contributed by atoms with Gasteiger partial charge in [0, 0.05) is 6.04 Å². The van der Waals surface area contributed by atoms with Gasteiger partial charge in [-0.05, 0) is 43.5 Å². The summed E-state index contributed by atoms with van der Waals surface area (Å²) in [5.74, 6) is 0.658. The van der Waals surface area contributed by atoms with Crippen molar-refractivity contribution in [3.05, 3.63) is 29.6 Å². The smallest absolute Gasteiger partial charge is 0.165 e. The Morgan fingerprint density at radius 3 is 2.35 bits per heavy atom. The van der Waals surface area contributed by atoms with E-state index in [0.29, 0.717) is 11.7 Å². The molecule has 2 rings (SSSR count). The molecule has 0 saturated heterocycles. The molecular formula is C17H26FNO. The third-order valence-electron chi connectivity index (χ3n) is 4.47. The molecule has 0 bridgehead atoms. The fourth-order valence-electron chi connectivity index (χ4n) is 3.37. The van der Waals surface area contributed by atoms with E-state index in [1.54, 1.807) is 12.1 Å². The molecule has 0 radical (unpaired) electrons. The number of rotatable bonds is 4. The summed E-state index contributed by atoms with van der Waals surface area (Å²) in [5, 5.41) is 3.39. The average Bonchev–Trinajstić information content (AvgIpc) is 2.42. The van der Waals surface area contributed by atoms with Gasteiger partial charge in [-0.3, -0.25) is 0 Å². The number of benzene rings is 1. The minimum Gasteiger partial charge on any atom is -0.494 e. The van der Waals surface area contributed by atoms with E-state index in [1.165, 1.54) is 52.1 Å². The second-order valence-electron chi connectivity index (χ2n) is 5.77. The van der Waals surface area contributed by atoms with Gasteiger partial charge in [0.15, 0.2) is 11.6 Å². The lowest BCUT2D eigenvalue weighted by atomic mass is 9.83. The van der Waals surface area contributed by atoms with Crippen LogP contribution in [0.4, 0.5) is 4.39 Å². The summed E-state index contributed by atoms with van der Waals surface area (Å²) in [6.45, 7) is 0. The molecule has 1 saturated carbocycles. The van der Waals surface area contributed by atoms with Crippen LogP contribution >= 0.6 is 0 Å². The zero-order chi connectivity index (χ0) is 14.4. The highest BCUT2D eigenvalue weighted by molar-refractivity contribution is 5.31. The van der Waals surface area contributed by atoms with Gasteiger partial charge in [0.25, 0.3) is 0 Å². The van der Waals surface area contributed by atoms with Crippen molar-refractivity contribution in [2.75, 3.05) is 14.2 Å². The van der Waals surface area contributed by atoms with Crippen molar-refractivity contribution in [1.29, 1.82) is 0 Å². The maximum Gasteiger partial charge on any atom is 0.165 e. The van der Waals surface area contributed by atoms with E-state index in [2.05, 4.69) is 5.32 Å². The van der Waals surface area contributed by atoms with Crippen molar-refractivity contribution in [2.45, 2.75) is 51.0 Å². The lowest BCUT2D eigenvalue weighted by Crippen LogP contribution is -2.26. The van der Waals surface area contributed by atoms with E-state index in [0.717, 1.165) is 5.56 Å². The van der Waals surface area contributed by atoms with Gasteiger partial charge in [-0.15, -0.1) is 0 Å². The molecule has 0 aromatic heterocycles. The first-order chi connectivity index (χ1) is 9.76. The summed E-state index contributed by atoms with van der Waals surface area (Å²) in [4.78, 5) is 0. The molecule has 1 fully saturated rings. The van der Waals surface area contributed by atoms with Gasteiger partial charge in [0.05, 0.1) is 7.11 Å². The van der Waals surface area contributed by atoms with Crippen LogP contribution in [0.2, 0.25) is 0 Å². The zero-order valence-electron chi connectivity index (χ0n) is 12.6. The van der Waals surface area contributed by atoms with Crippen LogP contribution in [0, 0.1) is 11.7 Å². The Kier molecular flexibility index (Phi) is 5.84. The minimum atomic E-state index is -0.268. The number of ether oxygens (including phenoxy) is 1. The van der Waals surface area contributed by atoms with Crippen LogP contribution in [0.15, 0.2) is 18.2 Å². The van der Waals surface area contributed by atoms with E-state index in [1.807, 2.05) is 13.1 Å². The van der Waals surface area contributed by atoms with E-state index in [-0.39, 0.29) is 11.9 Å². The Morgan fingerprint density at radius 1 is 1.15 bits per heavy atom. The van der Waals surface area contributed by atoms with Gasteiger partial charge < -0.3 is 10.1 Å². The van der Waals surface area contributed by atoms with Gasteiger partial charge >= 0.3 is 0 Å². The van der Waals surface area contributed by atoms with Crippen LogP contribution in [-0.4, -0.2) is 14.2 Å². The highest BCUT2D eigenvalue weighted by atomic mass is 19.1. The third-order valence-corrected chi connectivity index (χ3v) is 4.47. The van der Waals surface area contributed by atoms with Crippen molar-refractivity contribution >= 4 is 0 Å². The number of methoxy groups -OCH3 is 1. The predicted molar refractivity (Wildman–Crippen MR) is 80.6 cm³/mol. The molecule has 0 amide bonds. The molecule has 2 nitrogen and oxygen atoms in total.